The molecule has 6 aromatic rings. The predicted molar refractivity (Wildman–Crippen MR) is 218 cm³/mol. The highest BCUT2D eigenvalue weighted by molar-refractivity contribution is 7.96. The molecule has 48 heavy (non-hydrogen) atoms. The third-order valence-corrected chi connectivity index (χ3v) is 63.5. The summed E-state index contributed by atoms with van der Waals surface area (Å²) < 4.78 is 8.27. The van der Waals surface area contributed by atoms with Gasteiger partial charge in [0.25, 0.3) is 0 Å². The molecule has 242 valence electrons. The van der Waals surface area contributed by atoms with E-state index in [0.29, 0.717) is 0 Å². The Kier molecular flexibility index (Phi) is 9.62. The first kappa shape index (κ1) is 34.0. The zero-order valence-electron chi connectivity index (χ0n) is 29.2. The molecule has 5 heteroatoms. The van der Waals surface area contributed by atoms with Gasteiger partial charge in [0.05, 0.1) is 0 Å². The molecule has 6 aromatic carbocycles. The van der Waals surface area contributed by atoms with Gasteiger partial charge in [-0.1, -0.05) is 222 Å². The van der Waals surface area contributed by atoms with Crippen LogP contribution in [0.25, 0.3) is 0 Å². The van der Waals surface area contributed by atoms with E-state index < -0.39 is 35.2 Å². The number of hydrogen-bond donors (Lipinski definition) is 0. The highest BCUT2D eigenvalue weighted by Crippen LogP contribution is 2.38. The maximum absolute atomic E-state index is 8.27. The van der Waals surface area contributed by atoms with E-state index >= 15 is 0 Å². The summed E-state index contributed by atoms with van der Waals surface area (Å²) in [7, 11) is -11.6. The Hall–Kier alpha value is -3.85. The highest BCUT2D eigenvalue weighted by atomic mass is 29.8. The fourth-order valence-corrected chi connectivity index (χ4v) is 86.6. The van der Waals surface area contributed by atoms with Gasteiger partial charge in [0.15, 0.2) is 7.11 Å². The van der Waals surface area contributed by atoms with Crippen LogP contribution in [0.5, 0.6) is 0 Å². The van der Waals surface area contributed by atoms with Crippen LogP contribution in [0.3, 0.4) is 0 Å². The molecule has 0 amide bonds. The van der Waals surface area contributed by atoms with E-state index in [-0.39, 0.29) is 0 Å². The summed E-state index contributed by atoms with van der Waals surface area (Å²) in [5.41, 5.74) is -0.424. The van der Waals surface area contributed by atoms with Crippen LogP contribution < -0.4 is 31.1 Å². The normalized spacial score (nSPS) is 12.9. The first-order chi connectivity index (χ1) is 23.1. The van der Waals surface area contributed by atoms with Crippen molar-refractivity contribution in [3.8, 4) is 0 Å². The molecular formula is C43H48OSi4. The number of rotatable bonds is 10. The second-order valence-corrected chi connectivity index (χ2v) is 46.0. The Labute approximate surface area is 291 Å². The summed E-state index contributed by atoms with van der Waals surface area (Å²) in [6.45, 7) is 14.8. The van der Waals surface area contributed by atoms with Crippen molar-refractivity contribution in [2.75, 3.05) is 0 Å². The molecule has 0 heterocycles. The Morgan fingerprint density at radius 3 is 0.792 bits per heavy atom. The number of hydrogen-bond acceptors (Lipinski definition) is 1. The van der Waals surface area contributed by atoms with E-state index in [1.807, 2.05) is 0 Å². The molecule has 0 saturated carbocycles. The summed E-state index contributed by atoms with van der Waals surface area (Å²) in [6, 6.07) is 69.8. The van der Waals surface area contributed by atoms with Gasteiger partial charge in [-0.05, 0) is 31.1 Å². The molecule has 0 aliphatic heterocycles. The van der Waals surface area contributed by atoms with E-state index in [2.05, 4.69) is 222 Å². The molecule has 0 bridgehead atoms. The lowest BCUT2D eigenvalue weighted by Gasteiger charge is -2.62. The average Bonchev–Trinajstić information content (AvgIpc) is 3.11. The zero-order valence-corrected chi connectivity index (χ0v) is 33.2. The lowest BCUT2D eigenvalue weighted by Crippen LogP contribution is -3.04. The van der Waals surface area contributed by atoms with Crippen LogP contribution in [0.2, 0.25) is 19.6 Å². The SMILES string of the molecule is CC(C)(C)O[Si](c1ccccc1)(c1ccccc1)[Si](c1ccccc1)(c1ccccc1)[Si](c1ccccc1)(c1ccccc1)[Si](C)(C)C. The van der Waals surface area contributed by atoms with Crippen LogP contribution in [0.15, 0.2) is 182 Å². The van der Waals surface area contributed by atoms with Crippen LogP contribution in [0.4, 0.5) is 0 Å². The van der Waals surface area contributed by atoms with Crippen molar-refractivity contribution in [2.24, 2.45) is 0 Å². The molecule has 0 aromatic heterocycles. The van der Waals surface area contributed by atoms with Crippen LogP contribution in [0, 0.1) is 0 Å². The second kappa shape index (κ2) is 13.6. The summed E-state index contributed by atoms with van der Waals surface area (Å²) in [6.07, 6.45) is 0. The minimum absolute atomic E-state index is 0.424. The lowest BCUT2D eigenvalue weighted by molar-refractivity contribution is 0.132. The van der Waals surface area contributed by atoms with E-state index in [9.17, 15) is 0 Å². The largest absolute Gasteiger partial charge is 0.405 e. The molecule has 0 N–H and O–H groups in total. The molecule has 0 spiro atoms. The summed E-state index contributed by atoms with van der Waals surface area (Å²) in [4.78, 5) is 0. The van der Waals surface area contributed by atoms with Crippen molar-refractivity contribution in [1.29, 1.82) is 0 Å². The third-order valence-electron chi connectivity index (χ3n) is 9.86. The maximum Gasteiger partial charge on any atom is 0.249 e. The van der Waals surface area contributed by atoms with Gasteiger partial charge in [-0.15, -0.1) is 0 Å². The van der Waals surface area contributed by atoms with E-state index in [1.165, 1.54) is 31.1 Å². The molecule has 0 atom stereocenters. The minimum atomic E-state index is -3.32. The van der Waals surface area contributed by atoms with Crippen molar-refractivity contribution >= 4 is 60.8 Å². The highest BCUT2D eigenvalue weighted by Gasteiger charge is 2.76. The average molecular weight is 693 g/mol. The minimum Gasteiger partial charge on any atom is -0.405 e. The van der Waals surface area contributed by atoms with Crippen molar-refractivity contribution in [3.63, 3.8) is 0 Å². The summed E-state index contributed by atoms with van der Waals surface area (Å²) >= 11 is 0. The zero-order chi connectivity index (χ0) is 33.9. The molecule has 0 aliphatic rings. The van der Waals surface area contributed by atoms with Crippen LogP contribution in [-0.4, -0.2) is 35.2 Å². The smallest absolute Gasteiger partial charge is 0.249 e. The second-order valence-electron chi connectivity index (χ2n) is 14.8. The molecule has 0 unspecified atom stereocenters. The van der Waals surface area contributed by atoms with Gasteiger partial charge in [0.2, 0.25) is 7.83 Å². The molecule has 0 fully saturated rings. The Balaban J connectivity index is 2.06. The quantitative estimate of drug-likeness (QED) is 0.146. The van der Waals surface area contributed by atoms with E-state index in [4.69, 9.17) is 4.43 Å². The fourth-order valence-electron chi connectivity index (χ4n) is 8.65. The van der Waals surface area contributed by atoms with E-state index in [0.717, 1.165) is 0 Å². The number of benzene rings is 6. The predicted octanol–water partition coefficient (Wildman–Crippen LogP) is 6.66. The van der Waals surface area contributed by atoms with Gasteiger partial charge in [-0.3, -0.25) is 0 Å². The van der Waals surface area contributed by atoms with Crippen LogP contribution >= 0.6 is 0 Å². The van der Waals surface area contributed by atoms with Gasteiger partial charge >= 0.3 is 0 Å². The van der Waals surface area contributed by atoms with Crippen LogP contribution in [0.1, 0.15) is 20.8 Å². The van der Waals surface area contributed by atoms with Gasteiger partial charge in [0.1, 0.15) is 7.11 Å². The molecular weight excluding hydrogens is 645 g/mol. The Morgan fingerprint density at radius 1 is 0.333 bits per heavy atom. The first-order valence-corrected chi connectivity index (χ1v) is 29.5. The van der Waals surface area contributed by atoms with Gasteiger partial charge in [0, 0.05) is 13.2 Å². The molecule has 1 nitrogen and oxygen atoms in total. The van der Waals surface area contributed by atoms with E-state index in [1.54, 1.807) is 0 Å². The van der Waals surface area contributed by atoms with Crippen molar-refractivity contribution in [1.82, 2.24) is 0 Å². The molecule has 0 radical (unpaired) electrons. The first-order valence-electron chi connectivity index (χ1n) is 17.1. The van der Waals surface area contributed by atoms with Gasteiger partial charge in [-0.2, -0.15) is 0 Å². The third kappa shape index (κ3) is 5.57. The van der Waals surface area contributed by atoms with Gasteiger partial charge < -0.3 is 4.43 Å². The van der Waals surface area contributed by atoms with Gasteiger partial charge in [-0.25, -0.2) is 0 Å². The monoisotopic (exact) mass is 692 g/mol. The molecule has 0 saturated heterocycles. The summed E-state index contributed by atoms with van der Waals surface area (Å²) in [5.74, 6) is 0. The van der Waals surface area contributed by atoms with Crippen molar-refractivity contribution < 1.29 is 4.43 Å². The van der Waals surface area contributed by atoms with Crippen LogP contribution in [-0.2, 0) is 4.43 Å². The van der Waals surface area contributed by atoms with Crippen molar-refractivity contribution in [3.05, 3.63) is 182 Å². The topological polar surface area (TPSA) is 9.23 Å². The molecule has 0 aliphatic carbocycles. The maximum atomic E-state index is 8.27. The Bertz CT molecular complexity index is 1770. The molecule has 6 rings (SSSR count). The fraction of sp³-hybridized carbons (Fsp3) is 0.163. The lowest BCUT2D eigenvalue weighted by atomic mass is 10.2. The Morgan fingerprint density at radius 2 is 0.562 bits per heavy atom. The van der Waals surface area contributed by atoms with Crippen molar-refractivity contribution in [2.45, 2.75) is 46.0 Å². The standard InChI is InChI=1S/C43H48OSi4/c1-43(2,3)44-46(37-25-13-7-14-26-37,38-27-15-8-16-28-38)48(41-33-21-11-22-34-41,42-35-23-12-24-36-42)47(45(4,5)6,39-29-17-9-18-30-39)40-31-19-10-20-32-40/h7-36H,1-6H3. The summed E-state index contributed by atoms with van der Waals surface area (Å²) in [5, 5.41) is 8.70.